The predicted molar refractivity (Wildman–Crippen MR) is 39.7 cm³/mol. The summed E-state index contributed by atoms with van der Waals surface area (Å²) in [6, 6.07) is 0. The molecule has 0 saturated heterocycles. The van der Waals surface area contributed by atoms with Crippen molar-refractivity contribution in [2.75, 3.05) is 5.73 Å². The van der Waals surface area contributed by atoms with Gasteiger partial charge < -0.3 is 10.2 Å². The Morgan fingerprint density at radius 3 is 2.83 bits per heavy atom. The number of H-pyrrole nitrogens is 2. The molecule has 4 N–H and O–H groups in total. The van der Waals surface area contributed by atoms with E-state index in [0.717, 1.165) is 0 Å². The van der Waals surface area contributed by atoms with Crippen molar-refractivity contribution in [1.29, 1.82) is 0 Å². The van der Waals surface area contributed by atoms with Gasteiger partial charge in [0.2, 0.25) is 11.5 Å². The number of anilines is 1. The summed E-state index contributed by atoms with van der Waals surface area (Å²) in [4.78, 5) is 29.6. The Balaban J connectivity index is 3.08. The first-order valence-corrected chi connectivity index (χ1v) is 3.05. The SMILES string of the molecule is Nc1nc2[nH]c(=O)oc2c(=O)[nH]1. The van der Waals surface area contributed by atoms with Crippen molar-refractivity contribution in [3.8, 4) is 0 Å². The van der Waals surface area contributed by atoms with E-state index in [1.807, 2.05) is 0 Å². The molecule has 2 aromatic heterocycles. The molecule has 0 aliphatic rings. The van der Waals surface area contributed by atoms with Crippen LogP contribution in [0.15, 0.2) is 14.0 Å². The van der Waals surface area contributed by atoms with Gasteiger partial charge in [0, 0.05) is 0 Å². The molecule has 2 heterocycles. The number of hydrogen-bond acceptors (Lipinski definition) is 5. The van der Waals surface area contributed by atoms with E-state index in [-0.39, 0.29) is 17.2 Å². The van der Waals surface area contributed by atoms with E-state index in [4.69, 9.17) is 5.73 Å². The molecule has 0 saturated carbocycles. The van der Waals surface area contributed by atoms with Gasteiger partial charge >= 0.3 is 5.76 Å². The summed E-state index contributed by atoms with van der Waals surface area (Å²) < 4.78 is 4.48. The van der Waals surface area contributed by atoms with Crippen LogP contribution in [0.25, 0.3) is 11.2 Å². The Kier molecular flexibility index (Phi) is 1.09. The molecular formula is C5H4N4O3. The lowest BCUT2D eigenvalue weighted by atomic mass is 10.6. The van der Waals surface area contributed by atoms with E-state index < -0.39 is 11.3 Å². The summed E-state index contributed by atoms with van der Waals surface area (Å²) in [5.41, 5.74) is 4.54. The van der Waals surface area contributed by atoms with Gasteiger partial charge in [-0.1, -0.05) is 0 Å². The van der Waals surface area contributed by atoms with Crippen LogP contribution in [-0.2, 0) is 0 Å². The van der Waals surface area contributed by atoms with Gasteiger partial charge in [-0.2, -0.15) is 4.98 Å². The molecule has 0 aliphatic carbocycles. The number of aromatic nitrogens is 3. The second-order valence-corrected chi connectivity index (χ2v) is 2.14. The second-order valence-electron chi connectivity index (χ2n) is 2.14. The fourth-order valence-corrected chi connectivity index (χ4v) is 0.874. The first-order chi connectivity index (χ1) is 5.66. The van der Waals surface area contributed by atoms with Crippen molar-refractivity contribution < 1.29 is 4.42 Å². The maximum absolute atomic E-state index is 11.0. The maximum Gasteiger partial charge on any atom is 0.418 e. The molecule has 0 amide bonds. The summed E-state index contributed by atoms with van der Waals surface area (Å²) >= 11 is 0. The van der Waals surface area contributed by atoms with Crippen LogP contribution in [0.5, 0.6) is 0 Å². The van der Waals surface area contributed by atoms with Gasteiger partial charge in [0.1, 0.15) is 0 Å². The van der Waals surface area contributed by atoms with E-state index in [2.05, 4.69) is 19.4 Å². The zero-order valence-electron chi connectivity index (χ0n) is 5.75. The first-order valence-electron chi connectivity index (χ1n) is 3.05. The minimum absolute atomic E-state index is 0.0567. The smallest absolute Gasteiger partial charge is 0.400 e. The first kappa shape index (κ1) is 6.65. The van der Waals surface area contributed by atoms with Crippen molar-refractivity contribution in [2.45, 2.75) is 0 Å². The predicted octanol–water partition coefficient (Wildman–Crippen LogP) is -1.21. The molecule has 62 valence electrons. The van der Waals surface area contributed by atoms with E-state index in [1.165, 1.54) is 0 Å². The molecule has 0 aromatic carbocycles. The lowest BCUT2D eigenvalue weighted by molar-refractivity contribution is 0.551. The largest absolute Gasteiger partial charge is 0.418 e. The van der Waals surface area contributed by atoms with Crippen LogP contribution >= 0.6 is 0 Å². The highest BCUT2D eigenvalue weighted by molar-refractivity contribution is 5.66. The molecule has 0 atom stereocenters. The van der Waals surface area contributed by atoms with E-state index in [0.29, 0.717) is 0 Å². The van der Waals surface area contributed by atoms with Crippen LogP contribution < -0.4 is 17.0 Å². The summed E-state index contributed by atoms with van der Waals surface area (Å²) in [6.45, 7) is 0. The zero-order chi connectivity index (χ0) is 8.72. The van der Waals surface area contributed by atoms with Crippen molar-refractivity contribution >= 4 is 17.2 Å². The number of aromatic amines is 2. The van der Waals surface area contributed by atoms with Gasteiger partial charge in [0.15, 0.2) is 5.65 Å². The van der Waals surface area contributed by atoms with Crippen molar-refractivity contribution in [1.82, 2.24) is 15.0 Å². The van der Waals surface area contributed by atoms with E-state index in [1.54, 1.807) is 0 Å². The van der Waals surface area contributed by atoms with Gasteiger partial charge in [-0.15, -0.1) is 0 Å². The average molecular weight is 168 g/mol. The molecule has 7 heteroatoms. The quantitative estimate of drug-likeness (QED) is 0.456. The number of rotatable bonds is 0. The second kappa shape index (κ2) is 1.97. The number of fused-ring (bicyclic) bond motifs is 1. The highest BCUT2D eigenvalue weighted by Crippen LogP contribution is 1.99. The summed E-state index contributed by atoms with van der Waals surface area (Å²) in [5.74, 6) is -0.793. The molecule has 0 spiro atoms. The standard InChI is InChI=1S/C5H4N4O3/c6-4-7-2-1(3(10)9-4)12-5(11)8-2/h(H4,6,7,8,9,10,11). The van der Waals surface area contributed by atoms with Gasteiger partial charge in [-0.25, -0.2) is 4.79 Å². The number of nitrogens with one attached hydrogen (secondary N) is 2. The highest BCUT2D eigenvalue weighted by Gasteiger charge is 2.06. The van der Waals surface area contributed by atoms with Crippen molar-refractivity contribution in [3.63, 3.8) is 0 Å². The average Bonchev–Trinajstić information content (AvgIpc) is 2.29. The monoisotopic (exact) mass is 168 g/mol. The van der Waals surface area contributed by atoms with Crippen LogP contribution in [0.4, 0.5) is 5.95 Å². The minimum Gasteiger partial charge on any atom is -0.400 e. The van der Waals surface area contributed by atoms with Crippen LogP contribution in [0.2, 0.25) is 0 Å². The van der Waals surface area contributed by atoms with Crippen molar-refractivity contribution in [3.05, 3.63) is 20.9 Å². The Morgan fingerprint density at radius 2 is 2.08 bits per heavy atom. The van der Waals surface area contributed by atoms with Gasteiger partial charge in [-0.05, 0) is 0 Å². The van der Waals surface area contributed by atoms with Crippen molar-refractivity contribution in [2.24, 2.45) is 0 Å². The summed E-state index contributed by atoms with van der Waals surface area (Å²) in [6.07, 6.45) is 0. The third kappa shape index (κ3) is 0.797. The van der Waals surface area contributed by atoms with Crippen LogP contribution in [-0.4, -0.2) is 15.0 Å². The Morgan fingerprint density at radius 1 is 1.33 bits per heavy atom. The third-order valence-corrected chi connectivity index (χ3v) is 1.31. The Bertz CT molecular complexity index is 533. The fourth-order valence-electron chi connectivity index (χ4n) is 0.874. The number of nitrogens with two attached hydrogens (primary N) is 1. The summed E-state index contributed by atoms with van der Waals surface area (Å²) in [5, 5.41) is 0. The summed E-state index contributed by atoms with van der Waals surface area (Å²) in [7, 11) is 0. The molecule has 2 rings (SSSR count). The molecule has 12 heavy (non-hydrogen) atoms. The highest BCUT2D eigenvalue weighted by atomic mass is 16.4. The van der Waals surface area contributed by atoms with Gasteiger partial charge in [0.25, 0.3) is 5.56 Å². The normalized spacial score (nSPS) is 10.7. The number of oxazole rings is 1. The topological polar surface area (TPSA) is 118 Å². The zero-order valence-corrected chi connectivity index (χ0v) is 5.75. The van der Waals surface area contributed by atoms with E-state index in [9.17, 15) is 9.59 Å². The molecule has 0 radical (unpaired) electrons. The minimum atomic E-state index is -0.728. The Labute approximate surface area is 64.2 Å². The molecule has 0 bridgehead atoms. The lowest BCUT2D eigenvalue weighted by Crippen LogP contribution is -2.09. The number of nitrogens with zero attached hydrogens (tertiary/aromatic N) is 1. The van der Waals surface area contributed by atoms with Crippen LogP contribution in [0.1, 0.15) is 0 Å². The molecule has 2 aromatic rings. The maximum atomic E-state index is 11.0. The molecule has 0 unspecified atom stereocenters. The molecule has 0 aliphatic heterocycles. The Hall–Kier alpha value is -2.05. The van der Waals surface area contributed by atoms with Gasteiger partial charge in [-0.3, -0.25) is 14.8 Å². The third-order valence-electron chi connectivity index (χ3n) is 1.31. The molecule has 7 nitrogen and oxygen atoms in total. The fraction of sp³-hybridized carbons (Fsp3) is 0. The number of nitrogen functional groups attached to an aromatic ring is 1. The lowest BCUT2D eigenvalue weighted by Gasteiger charge is -1.88. The van der Waals surface area contributed by atoms with Crippen LogP contribution in [0, 0.1) is 0 Å². The molecule has 0 fully saturated rings. The van der Waals surface area contributed by atoms with Gasteiger partial charge in [0.05, 0.1) is 0 Å². The molecular weight excluding hydrogens is 164 g/mol. The van der Waals surface area contributed by atoms with Crippen LogP contribution in [0.3, 0.4) is 0 Å². The number of hydrogen-bond donors (Lipinski definition) is 3. The van der Waals surface area contributed by atoms with E-state index >= 15 is 0 Å².